The summed E-state index contributed by atoms with van der Waals surface area (Å²) in [5.74, 6) is 0.850. The molecule has 0 N–H and O–H groups in total. The summed E-state index contributed by atoms with van der Waals surface area (Å²) in [7, 11) is 2.25. The second-order valence-electron chi connectivity index (χ2n) is 8.59. The molecule has 2 aromatic rings. The lowest BCUT2D eigenvalue weighted by Gasteiger charge is -2.49. The zero-order valence-corrected chi connectivity index (χ0v) is 16.8. The number of likely N-dealkylation sites (N-methyl/N-ethyl adjacent to an activating group) is 1. The summed E-state index contributed by atoms with van der Waals surface area (Å²) in [6.07, 6.45) is 9.76. The normalized spacial score (nSPS) is 22.3. The van der Waals surface area contributed by atoms with Gasteiger partial charge in [-0.2, -0.15) is 0 Å². The van der Waals surface area contributed by atoms with E-state index in [9.17, 15) is 4.79 Å². The molecule has 1 atom stereocenters. The summed E-state index contributed by atoms with van der Waals surface area (Å²) in [6.45, 7) is 4.05. The molecule has 0 bridgehead atoms. The fourth-order valence-corrected chi connectivity index (χ4v) is 5.06. The maximum Gasteiger partial charge on any atom is 0.222 e. The number of aryl methyl sites for hydroxylation is 1. The van der Waals surface area contributed by atoms with Crippen molar-refractivity contribution in [3.63, 3.8) is 0 Å². The van der Waals surface area contributed by atoms with Crippen LogP contribution in [-0.4, -0.2) is 58.9 Å². The van der Waals surface area contributed by atoms with Gasteiger partial charge in [0.1, 0.15) is 0 Å². The van der Waals surface area contributed by atoms with Gasteiger partial charge in [-0.25, -0.2) is 0 Å². The lowest BCUT2D eigenvalue weighted by molar-refractivity contribution is -0.134. The Balaban J connectivity index is 1.34. The third-order valence-corrected chi connectivity index (χ3v) is 6.48. The van der Waals surface area contributed by atoms with E-state index in [1.165, 1.54) is 12.0 Å². The van der Waals surface area contributed by atoms with Crippen molar-refractivity contribution in [3.8, 4) is 0 Å². The van der Waals surface area contributed by atoms with Gasteiger partial charge >= 0.3 is 0 Å². The summed E-state index contributed by atoms with van der Waals surface area (Å²) >= 11 is 0. The van der Waals surface area contributed by atoms with Gasteiger partial charge in [-0.1, -0.05) is 30.3 Å². The molecule has 28 heavy (non-hydrogen) atoms. The first-order valence-corrected chi connectivity index (χ1v) is 10.4. The first-order valence-electron chi connectivity index (χ1n) is 10.4. The molecule has 0 radical (unpaired) electrons. The van der Waals surface area contributed by atoms with Crippen molar-refractivity contribution >= 4 is 5.91 Å². The van der Waals surface area contributed by atoms with Crippen molar-refractivity contribution < 1.29 is 4.79 Å². The van der Waals surface area contributed by atoms with Crippen molar-refractivity contribution in [2.75, 3.05) is 33.2 Å². The van der Waals surface area contributed by atoms with Gasteiger partial charge in [0.05, 0.1) is 5.69 Å². The molecule has 5 heteroatoms. The molecule has 0 saturated carbocycles. The average Bonchev–Trinajstić information content (AvgIpc) is 2.73. The molecule has 2 aliphatic heterocycles. The minimum atomic E-state index is 0.254. The number of piperidine rings is 2. The summed E-state index contributed by atoms with van der Waals surface area (Å²) in [6, 6.07) is 10.9. The predicted molar refractivity (Wildman–Crippen MR) is 110 cm³/mol. The topological polar surface area (TPSA) is 49.3 Å². The molecule has 4 rings (SSSR count). The smallest absolute Gasteiger partial charge is 0.222 e. The molecule has 0 unspecified atom stereocenters. The van der Waals surface area contributed by atoms with E-state index in [0.29, 0.717) is 24.2 Å². The Morgan fingerprint density at radius 3 is 2.68 bits per heavy atom. The van der Waals surface area contributed by atoms with Crippen molar-refractivity contribution in [1.82, 2.24) is 19.8 Å². The van der Waals surface area contributed by atoms with Crippen LogP contribution in [0, 0.1) is 5.41 Å². The van der Waals surface area contributed by atoms with E-state index in [-0.39, 0.29) is 5.91 Å². The van der Waals surface area contributed by atoms with E-state index in [2.05, 4.69) is 57.1 Å². The molecule has 1 aromatic carbocycles. The van der Waals surface area contributed by atoms with Crippen LogP contribution in [0.25, 0.3) is 0 Å². The molecule has 148 valence electrons. The fourth-order valence-electron chi connectivity index (χ4n) is 5.06. The van der Waals surface area contributed by atoms with Crippen LogP contribution in [-0.2, 0) is 11.2 Å². The molecule has 1 spiro atoms. The maximum absolute atomic E-state index is 12.7. The van der Waals surface area contributed by atoms with Gasteiger partial charge in [0, 0.05) is 51.2 Å². The molecule has 1 amide bonds. The second-order valence-corrected chi connectivity index (χ2v) is 8.59. The molecule has 3 heterocycles. The van der Waals surface area contributed by atoms with Crippen molar-refractivity contribution in [1.29, 1.82) is 0 Å². The molecule has 2 fully saturated rings. The average molecular weight is 379 g/mol. The SMILES string of the molecule is CN1C[C@H](c2ccccc2)CC2(CCN(C(=O)CCc3cnccn3)CC2)C1. The monoisotopic (exact) mass is 378 g/mol. The van der Waals surface area contributed by atoms with Crippen molar-refractivity contribution in [3.05, 3.63) is 60.2 Å². The summed E-state index contributed by atoms with van der Waals surface area (Å²) in [4.78, 5) is 25.6. The highest BCUT2D eigenvalue weighted by Gasteiger charge is 2.41. The van der Waals surface area contributed by atoms with Gasteiger partial charge in [0.15, 0.2) is 0 Å². The van der Waals surface area contributed by atoms with Gasteiger partial charge in [-0.3, -0.25) is 14.8 Å². The van der Waals surface area contributed by atoms with Crippen LogP contribution in [0.1, 0.15) is 42.9 Å². The molecule has 5 nitrogen and oxygen atoms in total. The second kappa shape index (κ2) is 8.39. The quantitative estimate of drug-likeness (QED) is 0.820. The molecule has 0 aliphatic carbocycles. The Morgan fingerprint density at radius 1 is 1.18 bits per heavy atom. The lowest BCUT2D eigenvalue weighted by Crippen LogP contribution is -2.51. The van der Waals surface area contributed by atoms with Gasteiger partial charge in [0.25, 0.3) is 0 Å². The molecule has 1 aromatic heterocycles. The van der Waals surface area contributed by atoms with Gasteiger partial charge < -0.3 is 9.80 Å². The minimum Gasteiger partial charge on any atom is -0.343 e. The Labute approximate surface area is 167 Å². The first kappa shape index (κ1) is 19.1. The molecule has 2 aliphatic rings. The Kier molecular flexibility index (Phi) is 5.72. The largest absolute Gasteiger partial charge is 0.343 e. The Morgan fingerprint density at radius 2 is 1.96 bits per heavy atom. The van der Waals surface area contributed by atoms with Crippen LogP contribution < -0.4 is 0 Å². The number of carbonyl (C=O) groups excluding carboxylic acids is 1. The van der Waals surface area contributed by atoms with Crippen molar-refractivity contribution in [2.45, 2.75) is 38.0 Å². The Hall–Kier alpha value is -2.27. The van der Waals surface area contributed by atoms with Gasteiger partial charge in [-0.05, 0) is 49.6 Å². The molecule has 2 saturated heterocycles. The number of likely N-dealkylation sites (tertiary alicyclic amines) is 2. The van der Waals surface area contributed by atoms with E-state index in [1.807, 2.05) is 0 Å². The van der Waals surface area contributed by atoms with Crippen LogP contribution >= 0.6 is 0 Å². The highest BCUT2D eigenvalue weighted by molar-refractivity contribution is 5.76. The highest BCUT2D eigenvalue weighted by atomic mass is 16.2. The summed E-state index contributed by atoms with van der Waals surface area (Å²) < 4.78 is 0. The number of hydrogen-bond donors (Lipinski definition) is 0. The summed E-state index contributed by atoms with van der Waals surface area (Å²) in [5.41, 5.74) is 2.69. The zero-order valence-electron chi connectivity index (χ0n) is 16.8. The number of benzene rings is 1. The van der Waals surface area contributed by atoms with Crippen LogP contribution in [0.4, 0.5) is 0 Å². The van der Waals surface area contributed by atoms with Crippen LogP contribution in [0.3, 0.4) is 0 Å². The molecular formula is C23H30N4O. The third kappa shape index (κ3) is 4.41. The number of aromatic nitrogens is 2. The number of rotatable bonds is 4. The lowest BCUT2D eigenvalue weighted by atomic mass is 9.68. The van der Waals surface area contributed by atoms with E-state index in [0.717, 1.165) is 44.7 Å². The minimum absolute atomic E-state index is 0.254. The third-order valence-electron chi connectivity index (χ3n) is 6.48. The van der Waals surface area contributed by atoms with E-state index in [4.69, 9.17) is 0 Å². The maximum atomic E-state index is 12.7. The standard InChI is InChI=1S/C23H30N4O/c1-26-17-20(19-5-3-2-4-6-19)15-23(18-26)9-13-27(14-10-23)22(28)8-7-21-16-24-11-12-25-21/h2-6,11-12,16,20H,7-10,13-15,17-18H2,1H3/t20-/m1/s1. The van der Waals surface area contributed by atoms with Crippen LogP contribution in [0.15, 0.2) is 48.9 Å². The molecular weight excluding hydrogens is 348 g/mol. The van der Waals surface area contributed by atoms with E-state index < -0.39 is 0 Å². The number of carbonyl (C=O) groups is 1. The van der Waals surface area contributed by atoms with Crippen LogP contribution in [0.5, 0.6) is 0 Å². The number of nitrogens with zero attached hydrogens (tertiary/aromatic N) is 4. The van der Waals surface area contributed by atoms with E-state index in [1.54, 1.807) is 18.6 Å². The number of amides is 1. The summed E-state index contributed by atoms with van der Waals surface area (Å²) in [5, 5.41) is 0. The van der Waals surface area contributed by atoms with Gasteiger partial charge in [0.2, 0.25) is 5.91 Å². The van der Waals surface area contributed by atoms with Crippen LogP contribution in [0.2, 0.25) is 0 Å². The van der Waals surface area contributed by atoms with E-state index >= 15 is 0 Å². The predicted octanol–water partition coefficient (Wildman–Crippen LogP) is 3.14. The zero-order chi connectivity index (χ0) is 19.4. The highest BCUT2D eigenvalue weighted by Crippen LogP contribution is 2.44. The fraction of sp³-hybridized carbons (Fsp3) is 0.522. The van der Waals surface area contributed by atoms with Gasteiger partial charge in [-0.15, -0.1) is 0 Å². The Bertz CT molecular complexity index is 772. The number of hydrogen-bond acceptors (Lipinski definition) is 4. The van der Waals surface area contributed by atoms with Crippen molar-refractivity contribution in [2.24, 2.45) is 5.41 Å². The first-order chi connectivity index (χ1) is 13.6.